The lowest BCUT2D eigenvalue weighted by molar-refractivity contribution is -0.145. The Labute approximate surface area is 182 Å². The molecule has 2 heterocycles. The average molecular weight is 432 g/mol. The Kier molecular flexibility index (Phi) is 6.16. The number of para-hydroxylation sites is 2. The van der Waals surface area contributed by atoms with Crippen molar-refractivity contribution in [3.63, 3.8) is 0 Å². The van der Waals surface area contributed by atoms with Crippen LogP contribution in [0.1, 0.15) is 22.7 Å². The van der Waals surface area contributed by atoms with Crippen molar-refractivity contribution in [2.45, 2.75) is 13.0 Å². The Hall–Kier alpha value is -4.54. The fourth-order valence-corrected chi connectivity index (χ4v) is 2.92. The first-order valence-electron chi connectivity index (χ1n) is 9.78. The molecule has 162 valence electrons. The second-order valence-electron chi connectivity index (χ2n) is 6.71. The van der Waals surface area contributed by atoms with Gasteiger partial charge in [-0.1, -0.05) is 36.4 Å². The number of rotatable bonds is 8. The third-order valence-corrected chi connectivity index (χ3v) is 4.39. The molecule has 2 aromatic carbocycles. The Morgan fingerprint density at radius 1 is 1.00 bits per heavy atom. The summed E-state index contributed by atoms with van der Waals surface area (Å²) in [5, 5.41) is 13.2. The molecule has 11 nitrogen and oxygen atoms in total. The minimum Gasteiger partial charge on any atom is -0.457 e. The molecule has 0 saturated heterocycles. The van der Waals surface area contributed by atoms with Crippen LogP contribution in [0.3, 0.4) is 0 Å². The van der Waals surface area contributed by atoms with Crippen LogP contribution in [0.4, 0.5) is 17.6 Å². The van der Waals surface area contributed by atoms with E-state index in [0.29, 0.717) is 5.39 Å². The van der Waals surface area contributed by atoms with Gasteiger partial charge in [0.05, 0.1) is 11.9 Å². The molecule has 0 saturated carbocycles. The predicted octanol–water partition coefficient (Wildman–Crippen LogP) is 1.94. The number of carbonyl (C=O) groups is 2. The number of nitrogen functional groups attached to an aromatic ring is 1. The molecule has 32 heavy (non-hydrogen) atoms. The molecular formula is C21H20N8O3. The third-order valence-electron chi connectivity index (χ3n) is 4.39. The topological polar surface area (TPSA) is 161 Å². The van der Waals surface area contributed by atoms with E-state index in [0.717, 1.165) is 11.2 Å². The number of anilines is 3. The maximum Gasteiger partial charge on any atom is 0.308 e. The fraction of sp³-hybridized carbons (Fsp3) is 0.143. The summed E-state index contributed by atoms with van der Waals surface area (Å²) < 4.78 is 5.18. The van der Waals surface area contributed by atoms with Gasteiger partial charge in [0.2, 0.25) is 11.9 Å². The summed E-state index contributed by atoms with van der Waals surface area (Å²) in [6, 6.07) is 16.6. The van der Waals surface area contributed by atoms with E-state index in [9.17, 15) is 9.59 Å². The molecule has 0 bridgehead atoms. The van der Waals surface area contributed by atoms with Crippen LogP contribution in [0.15, 0.2) is 54.6 Å². The van der Waals surface area contributed by atoms with E-state index in [4.69, 9.17) is 10.5 Å². The van der Waals surface area contributed by atoms with Crippen molar-refractivity contribution in [3.8, 4) is 0 Å². The summed E-state index contributed by atoms with van der Waals surface area (Å²) in [5.41, 5.74) is 7.53. The van der Waals surface area contributed by atoms with Crippen molar-refractivity contribution >= 4 is 40.4 Å². The number of benzene rings is 2. The zero-order valence-electron chi connectivity index (χ0n) is 16.9. The van der Waals surface area contributed by atoms with Gasteiger partial charge in [0.15, 0.2) is 18.1 Å². The smallest absolute Gasteiger partial charge is 0.308 e. The van der Waals surface area contributed by atoms with Crippen LogP contribution in [-0.2, 0) is 16.1 Å². The normalized spacial score (nSPS) is 10.6. The molecule has 0 unspecified atom stereocenters. The van der Waals surface area contributed by atoms with E-state index in [1.165, 1.54) is 0 Å². The molecule has 0 fully saturated rings. The van der Waals surface area contributed by atoms with E-state index >= 15 is 0 Å². The maximum atomic E-state index is 12.3. The monoisotopic (exact) mass is 432 g/mol. The molecule has 4 rings (SSSR count). The van der Waals surface area contributed by atoms with E-state index in [2.05, 4.69) is 35.8 Å². The minimum atomic E-state index is -0.520. The quantitative estimate of drug-likeness (QED) is 0.305. The number of carbonyl (C=O) groups excluding carboxylic acids is 2. The lowest BCUT2D eigenvalue weighted by Gasteiger charge is -2.08. The van der Waals surface area contributed by atoms with Gasteiger partial charge in [0.1, 0.15) is 0 Å². The van der Waals surface area contributed by atoms with Gasteiger partial charge >= 0.3 is 5.97 Å². The van der Waals surface area contributed by atoms with E-state index in [1.54, 1.807) is 6.07 Å². The summed E-state index contributed by atoms with van der Waals surface area (Å²) in [7, 11) is 0. The van der Waals surface area contributed by atoms with Crippen LogP contribution < -0.4 is 16.4 Å². The van der Waals surface area contributed by atoms with E-state index < -0.39 is 5.97 Å². The summed E-state index contributed by atoms with van der Waals surface area (Å²) in [4.78, 5) is 36.6. The highest BCUT2D eigenvalue weighted by Crippen LogP contribution is 2.15. The molecule has 1 amide bonds. The molecule has 5 N–H and O–H groups in total. The summed E-state index contributed by atoms with van der Waals surface area (Å²) in [6.45, 7) is -0.0774. The first kappa shape index (κ1) is 20.7. The number of ether oxygens (including phenoxy) is 1. The second-order valence-corrected chi connectivity index (χ2v) is 6.71. The molecule has 0 radical (unpaired) electrons. The van der Waals surface area contributed by atoms with Crippen LogP contribution in [0.2, 0.25) is 0 Å². The van der Waals surface area contributed by atoms with Gasteiger partial charge in [-0.15, -0.1) is 0 Å². The molecule has 0 aliphatic carbocycles. The van der Waals surface area contributed by atoms with Gasteiger partial charge in [-0.25, -0.2) is 0 Å². The molecule has 0 aliphatic heterocycles. The highest BCUT2D eigenvalue weighted by molar-refractivity contribution is 6.04. The SMILES string of the molecule is Nc1nc(COC(=O)CCNC(=O)c2n[nH]c3ccccc23)nc(Nc2ccccc2)n1. The van der Waals surface area contributed by atoms with Gasteiger partial charge in [-0.05, 0) is 18.2 Å². The van der Waals surface area contributed by atoms with Crippen molar-refractivity contribution in [1.29, 1.82) is 0 Å². The fourth-order valence-electron chi connectivity index (χ4n) is 2.92. The van der Waals surface area contributed by atoms with Crippen LogP contribution in [0.25, 0.3) is 10.9 Å². The number of nitrogens with one attached hydrogen (secondary N) is 3. The largest absolute Gasteiger partial charge is 0.457 e. The van der Waals surface area contributed by atoms with Crippen molar-refractivity contribution in [2.75, 3.05) is 17.6 Å². The van der Waals surface area contributed by atoms with Gasteiger partial charge in [-0.3, -0.25) is 14.7 Å². The van der Waals surface area contributed by atoms with Gasteiger partial charge < -0.3 is 21.1 Å². The van der Waals surface area contributed by atoms with Crippen LogP contribution in [0, 0.1) is 0 Å². The van der Waals surface area contributed by atoms with Crippen LogP contribution in [0.5, 0.6) is 0 Å². The number of esters is 1. The zero-order chi connectivity index (χ0) is 22.3. The molecular weight excluding hydrogens is 412 g/mol. The first-order chi connectivity index (χ1) is 15.6. The summed E-state index contributed by atoms with van der Waals surface area (Å²) >= 11 is 0. The lowest BCUT2D eigenvalue weighted by Crippen LogP contribution is -2.27. The van der Waals surface area contributed by atoms with E-state index in [-0.39, 0.29) is 48.9 Å². The number of amides is 1. The number of nitrogens with zero attached hydrogens (tertiary/aromatic N) is 4. The molecule has 4 aromatic rings. The van der Waals surface area contributed by atoms with Gasteiger partial charge in [0, 0.05) is 17.6 Å². The number of hydrogen-bond donors (Lipinski definition) is 4. The molecule has 0 aliphatic rings. The van der Waals surface area contributed by atoms with Gasteiger partial charge in [-0.2, -0.15) is 20.1 Å². The number of hydrogen-bond acceptors (Lipinski definition) is 9. The van der Waals surface area contributed by atoms with Crippen molar-refractivity contribution in [1.82, 2.24) is 30.5 Å². The highest BCUT2D eigenvalue weighted by atomic mass is 16.5. The van der Waals surface area contributed by atoms with Crippen molar-refractivity contribution in [3.05, 3.63) is 66.1 Å². The highest BCUT2D eigenvalue weighted by Gasteiger charge is 2.14. The van der Waals surface area contributed by atoms with E-state index in [1.807, 2.05) is 48.5 Å². The zero-order valence-corrected chi connectivity index (χ0v) is 16.9. The Balaban J connectivity index is 1.26. The van der Waals surface area contributed by atoms with Crippen LogP contribution in [-0.4, -0.2) is 43.6 Å². The predicted molar refractivity (Wildman–Crippen MR) is 117 cm³/mol. The Bertz CT molecular complexity index is 1240. The number of H-pyrrole nitrogens is 1. The number of nitrogens with two attached hydrogens (primary N) is 1. The summed E-state index contributed by atoms with van der Waals surface area (Å²) in [6.07, 6.45) is -0.0240. The average Bonchev–Trinajstić information content (AvgIpc) is 3.22. The number of fused-ring (bicyclic) bond motifs is 1. The molecule has 0 atom stereocenters. The third kappa shape index (κ3) is 5.14. The minimum absolute atomic E-state index is 0.00275. The number of aromatic amines is 1. The standard InChI is InChI=1S/C21H20N8O3/c22-20-25-16(26-21(27-20)24-13-6-2-1-3-7-13)12-32-17(30)10-11-23-19(31)18-14-8-4-5-9-15(14)28-29-18/h1-9H,10-12H2,(H,23,31)(H,28,29)(H3,22,24,25,26,27). The maximum absolute atomic E-state index is 12.3. The molecule has 2 aromatic heterocycles. The summed E-state index contributed by atoms with van der Waals surface area (Å²) in [5.74, 6) is -0.446. The number of aromatic nitrogens is 5. The van der Waals surface area contributed by atoms with Crippen molar-refractivity contribution in [2.24, 2.45) is 0 Å². The van der Waals surface area contributed by atoms with Crippen LogP contribution >= 0.6 is 0 Å². The second kappa shape index (κ2) is 9.51. The Morgan fingerprint density at radius 3 is 2.62 bits per heavy atom. The first-order valence-corrected chi connectivity index (χ1v) is 9.78. The lowest BCUT2D eigenvalue weighted by atomic mass is 10.2. The van der Waals surface area contributed by atoms with Crippen molar-refractivity contribution < 1.29 is 14.3 Å². The van der Waals surface area contributed by atoms with Gasteiger partial charge in [0.25, 0.3) is 5.91 Å². The Morgan fingerprint density at radius 2 is 1.78 bits per heavy atom. The molecule has 0 spiro atoms. The molecule has 11 heteroatoms.